The third-order valence-corrected chi connectivity index (χ3v) is 2.81. The molecule has 0 amide bonds. The second-order valence-electron chi connectivity index (χ2n) is 4.04. The van der Waals surface area contributed by atoms with Crippen LogP contribution >= 0.6 is 0 Å². The van der Waals surface area contributed by atoms with Crippen LogP contribution in [0, 0.1) is 0 Å². The first-order valence-electron chi connectivity index (χ1n) is 5.77. The minimum Gasteiger partial charge on any atom is -0.386 e. The van der Waals surface area contributed by atoms with Crippen LogP contribution in [-0.4, -0.2) is 27.6 Å². The Morgan fingerprint density at radius 2 is 2.29 bits per heavy atom. The average Bonchev–Trinajstić information content (AvgIpc) is 2.67. The SMILES string of the molecule is C=CCC(O)c1c2c(nn1CC=C)CCN=C2. The molecule has 0 saturated heterocycles. The molecule has 1 aromatic heterocycles. The van der Waals surface area contributed by atoms with Gasteiger partial charge in [0.2, 0.25) is 0 Å². The zero-order valence-electron chi connectivity index (χ0n) is 9.84. The Balaban J connectivity index is 2.45. The number of aromatic nitrogens is 2. The minimum absolute atomic E-state index is 0.517. The summed E-state index contributed by atoms with van der Waals surface area (Å²) in [7, 11) is 0. The van der Waals surface area contributed by atoms with Crippen molar-refractivity contribution in [2.24, 2.45) is 4.99 Å². The van der Waals surface area contributed by atoms with Gasteiger partial charge in [0.15, 0.2) is 0 Å². The quantitative estimate of drug-likeness (QED) is 0.783. The molecule has 2 rings (SSSR count). The van der Waals surface area contributed by atoms with Crippen LogP contribution in [-0.2, 0) is 13.0 Å². The lowest BCUT2D eigenvalue weighted by atomic mass is 10.0. The van der Waals surface area contributed by atoms with Crippen LogP contribution in [0.15, 0.2) is 30.3 Å². The molecular formula is C13H17N3O. The van der Waals surface area contributed by atoms with Gasteiger partial charge >= 0.3 is 0 Å². The first kappa shape index (κ1) is 11.8. The Bertz CT molecular complexity index is 459. The third kappa shape index (κ3) is 2.22. The molecule has 1 aromatic rings. The molecule has 1 aliphatic heterocycles. The van der Waals surface area contributed by atoms with Crippen molar-refractivity contribution in [2.45, 2.75) is 25.5 Å². The van der Waals surface area contributed by atoms with E-state index in [2.05, 4.69) is 23.2 Å². The highest BCUT2D eigenvalue weighted by Gasteiger charge is 2.22. The molecule has 0 aromatic carbocycles. The molecule has 17 heavy (non-hydrogen) atoms. The zero-order valence-corrected chi connectivity index (χ0v) is 9.84. The van der Waals surface area contributed by atoms with Gasteiger partial charge in [-0.25, -0.2) is 0 Å². The fourth-order valence-electron chi connectivity index (χ4n) is 2.07. The van der Waals surface area contributed by atoms with Crippen LogP contribution in [0.3, 0.4) is 0 Å². The van der Waals surface area contributed by atoms with Crippen LogP contribution in [0.25, 0.3) is 0 Å². The first-order chi connectivity index (χ1) is 8.27. The summed E-state index contributed by atoms with van der Waals surface area (Å²) in [5.41, 5.74) is 2.80. The Hall–Kier alpha value is -1.68. The highest BCUT2D eigenvalue weighted by molar-refractivity contribution is 5.84. The summed E-state index contributed by atoms with van der Waals surface area (Å²) in [5.74, 6) is 0. The van der Waals surface area contributed by atoms with Crippen molar-refractivity contribution in [1.29, 1.82) is 0 Å². The summed E-state index contributed by atoms with van der Waals surface area (Å²) in [6.07, 6.45) is 6.08. The van der Waals surface area contributed by atoms with E-state index in [0.29, 0.717) is 13.0 Å². The number of hydrogen-bond acceptors (Lipinski definition) is 3. The number of nitrogens with zero attached hydrogens (tertiary/aromatic N) is 3. The summed E-state index contributed by atoms with van der Waals surface area (Å²) >= 11 is 0. The van der Waals surface area contributed by atoms with Crippen molar-refractivity contribution < 1.29 is 5.11 Å². The maximum atomic E-state index is 10.1. The van der Waals surface area contributed by atoms with Gasteiger partial charge in [-0.3, -0.25) is 9.67 Å². The summed E-state index contributed by atoms with van der Waals surface area (Å²) in [5, 5.41) is 14.6. The van der Waals surface area contributed by atoms with Gasteiger partial charge in [0, 0.05) is 24.7 Å². The second kappa shape index (κ2) is 5.10. The molecule has 90 valence electrons. The molecule has 0 saturated carbocycles. The molecule has 0 radical (unpaired) electrons. The van der Waals surface area contributed by atoms with Gasteiger partial charge in [0.1, 0.15) is 0 Å². The number of rotatable bonds is 5. The molecule has 2 heterocycles. The minimum atomic E-state index is -0.576. The highest BCUT2D eigenvalue weighted by Crippen LogP contribution is 2.25. The van der Waals surface area contributed by atoms with E-state index in [1.165, 1.54) is 0 Å². The van der Waals surface area contributed by atoms with E-state index in [1.807, 2.05) is 10.9 Å². The van der Waals surface area contributed by atoms with Crippen molar-refractivity contribution in [1.82, 2.24) is 9.78 Å². The summed E-state index contributed by atoms with van der Waals surface area (Å²) in [4.78, 5) is 4.25. The Kier molecular flexibility index (Phi) is 3.54. The molecule has 1 unspecified atom stereocenters. The van der Waals surface area contributed by atoms with Crippen LogP contribution in [0.4, 0.5) is 0 Å². The molecule has 1 N–H and O–H groups in total. The second-order valence-corrected chi connectivity index (χ2v) is 4.04. The van der Waals surface area contributed by atoms with Crippen LogP contribution < -0.4 is 0 Å². The number of aliphatic hydroxyl groups is 1. The Morgan fingerprint density at radius 3 is 3.00 bits per heavy atom. The van der Waals surface area contributed by atoms with Crippen molar-refractivity contribution in [3.63, 3.8) is 0 Å². The lowest BCUT2D eigenvalue weighted by molar-refractivity contribution is 0.170. The van der Waals surface area contributed by atoms with Crippen LogP contribution in [0.2, 0.25) is 0 Å². The van der Waals surface area contributed by atoms with Gasteiger partial charge in [-0.1, -0.05) is 12.2 Å². The smallest absolute Gasteiger partial charge is 0.0997 e. The Labute approximate surface area is 101 Å². The molecule has 1 atom stereocenters. The van der Waals surface area contributed by atoms with Crippen molar-refractivity contribution in [3.8, 4) is 0 Å². The predicted octanol–water partition coefficient (Wildman–Crippen LogP) is 1.65. The number of allylic oxidation sites excluding steroid dienone is 1. The number of aliphatic imine (C=N–C) groups is 1. The van der Waals surface area contributed by atoms with Gasteiger partial charge in [-0.2, -0.15) is 5.10 Å². The van der Waals surface area contributed by atoms with E-state index in [4.69, 9.17) is 0 Å². The van der Waals surface area contributed by atoms with Gasteiger partial charge < -0.3 is 5.11 Å². The van der Waals surface area contributed by atoms with Crippen molar-refractivity contribution in [2.75, 3.05) is 6.54 Å². The largest absolute Gasteiger partial charge is 0.386 e. The maximum absolute atomic E-state index is 10.1. The van der Waals surface area contributed by atoms with Crippen molar-refractivity contribution >= 4 is 6.21 Å². The van der Waals surface area contributed by atoms with Gasteiger partial charge in [-0.15, -0.1) is 13.2 Å². The molecule has 4 nitrogen and oxygen atoms in total. The molecule has 0 fully saturated rings. The lowest BCUT2D eigenvalue weighted by Crippen LogP contribution is -2.10. The molecule has 0 bridgehead atoms. The summed E-state index contributed by atoms with van der Waals surface area (Å²) < 4.78 is 1.81. The zero-order chi connectivity index (χ0) is 12.3. The van der Waals surface area contributed by atoms with Gasteiger partial charge in [0.25, 0.3) is 0 Å². The van der Waals surface area contributed by atoms with E-state index in [-0.39, 0.29) is 0 Å². The molecule has 1 aliphatic rings. The van der Waals surface area contributed by atoms with Crippen molar-refractivity contribution in [3.05, 3.63) is 42.3 Å². The predicted molar refractivity (Wildman–Crippen MR) is 68.4 cm³/mol. The van der Waals surface area contributed by atoms with E-state index in [0.717, 1.165) is 29.9 Å². The third-order valence-electron chi connectivity index (χ3n) is 2.81. The molecule has 0 aliphatic carbocycles. The average molecular weight is 231 g/mol. The number of hydrogen-bond donors (Lipinski definition) is 1. The fourth-order valence-corrected chi connectivity index (χ4v) is 2.07. The maximum Gasteiger partial charge on any atom is 0.0997 e. The van der Waals surface area contributed by atoms with E-state index >= 15 is 0 Å². The van der Waals surface area contributed by atoms with Gasteiger partial charge in [0.05, 0.1) is 24.0 Å². The number of aliphatic hydroxyl groups excluding tert-OH is 1. The molecule has 4 heteroatoms. The van der Waals surface area contributed by atoms with E-state index in [1.54, 1.807) is 12.2 Å². The highest BCUT2D eigenvalue weighted by atomic mass is 16.3. The van der Waals surface area contributed by atoms with Crippen LogP contribution in [0.1, 0.15) is 29.5 Å². The van der Waals surface area contributed by atoms with E-state index in [9.17, 15) is 5.11 Å². The fraction of sp³-hybridized carbons (Fsp3) is 0.385. The lowest BCUT2D eigenvalue weighted by Gasteiger charge is -2.12. The van der Waals surface area contributed by atoms with Gasteiger partial charge in [-0.05, 0) is 6.42 Å². The topological polar surface area (TPSA) is 50.4 Å². The van der Waals surface area contributed by atoms with Crippen LogP contribution in [0.5, 0.6) is 0 Å². The number of fused-ring (bicyclic) bond motifs is 1. The monoisotopic (exact) mass is 231 g/mol. The standard InChI is InChI=1S/C13H17N3O/c1-3-5-12(17)13-10-9-14-7-6-11(10)15-16(13)8-4-2/h3-4,9,12,17H,1-2,5-8H2. The molecular weight excluding hydrogens is 214 g/mol. The summed E-state index contributed by atoms with van der Waals surface area (Å²) in [6, 6.07) is 0. The molecule has 0 spiro atoms. The summed E-state index contributed by atoms with van der Waals surface area (Å²) in [6.45, 7) is 8.74. The first-order valence-corrected chi connectivity index (χ1v) is 5.77. The van der Waals surface area contributed by atoms with E-state index < -0.39 is 6.10 Å². The normalized spacial score (nSPS) is 15.4. The Morgan fingerprint density at radius 1 is 1.47 bits per heavy atom.